The monoisotopic (exact) mass is 282 g/mol. The van der Waals surface area contributed by atoms with Crippen LogP contribution in [0.25, 0.3) is 0 Å². The van der Waals surface area contributed by atoms with Crippen molar-refractivity contribution in [2.45, 2.75) is 57.7 Å². The van der Waals surface area contributed by atoms with Crippen molar-refractivity contribution >= 4 is 13.1 Å². The summed E-state index contributed by atoms with van der Waals surface area (Å²) in [6, 6.07) is 0. The van der Waals surface area contributed by atoms with Gasteiger partial charge >= 0.3 is 13.1 Å². The molecule has 2 saturated heterocycles. The van der Waals surface area contributed by atoms with E-state index in [0.717, 1.165) is 0 Å². The predicted octanol–water partition coefficient (Wildman–Crippen LogP) is 1.66. The SMILES string of the molecule is CC(=O)OC[C@@H]1OC[C@H]2C(B3OC(C)(C)C(C)(C)O3)[C@@H]12. The molecule has 2 heterocycles. The van der Waals surface area contributed by atoms with Gasteiger partial charge in [0.15, 0.2) is 0 Å². The molecule has 0 radical (unpaired) electrons. The van der Waals surface area contributed by atoms with Crippen molar-refractivity contribution in [2.24, 2.45) is 11.8 Å². The normalized spacial score (nSPS) is 40.5. The molecule has 5 nitrogen and oxygen atoms in total. The van der Waals surface area contributed by atoms with Crippen LogP contribution in [-0.2, 0) is 23.6 Å². The van der Waals surface area contributed by atoms with Gasteiger partial charge in [0.25, 0.3) is 0 Å². The number of esters is 1. The smallest absolute Gasteiger partial charge is 0.461 e. The Labute approximate surface area is 120 Å². The van der Waals surface area contributed by atoms with Crippen LogP contribution in [0, 0.1) is 11.8 Å². The lowest BCUT2D eigenvalue weighted by Gasteiger charge is -2.32. The van der Waals surface area contributed by atoms with Gasteiger partial charge in [-0.2, -0.15) is 0 Å². The molecule has 20 heavy (non-hydrogen) atoms. The molecule has 0 aromatic rings. The maximum Gasteiger partial charge on any atom is 0.461 e. The summed E-state index contributed by atoms with van der Waals surface area (Å²) >= 11 is 0. The van der Waals surface area contributed by atoms with Crippen LogP contribution >= 0.6 is 0 Å². The number of fused-ring (bicyclic) bond motifs is 1. The first-order chi connectivity index (χ1) is 9.23. The Morgan fingerprint density at radius 1 is 1.25 bits per heavy atom. The van der Waals surface area contributed by atoms with Gasteiger partial charge in [0.2, 0.25) is 0 Å². The summed E-state index contributed by atoms with van der Waals surface area (Å²) in [5.74, 6) is 0.976. The Morgan fingerprint density at radius 2 is 1.85 bits per heavy atom. The Bertz CT molecular complexity index is 406. The summed E-state index contributed by atoms with van der Waals surface area (Å²) in [6.07, 6.45) is -0.00655. The minimum Gasteiger partial charge on any atom is -0.463 e. The van der Waals surface area contributed by atoms with E-state index in [2.05, 4.69) is 27.7 Å². The number of hydrogen-bond acceptors (Lipinski definition) is 5. The molecule has 0 bridgehead atoms. The fraction of sp³-hybridized carbons (Fsp3) is 0.929. The molecular formula is C14H23BO5. The van der Waals surface area contributed by atoms with Crippen molar-refractivity contribution in [3.8, 4) is 0 Å². The highest BCUT2D eigenvalue weighted by molar-refractivity contribution is 6.49. The van der Waals surface area contributed by atoms with Gasteiger partial charge in [0.05, 0.1) is 23.9 Å². The van der Waals surface area contributed by atoms with E-state index >= 15 is 0 Å². The van der Waals surface area contributed by atoms with Crippen molar-refractivity contribution in [2.75, 3.05) is 13.2 Å². The fourth-order valence-corrected chi connectivity index (χ4v) is 3.31. The minimum absolute atomic E-state index is 0.00655. The largest absolute Gasteiger partial charge is 0.463 e. The van der Waals surface area contributed by atoms with E-state index in [9.17, 15) is 4.79 Å². The summed E-state index contributed by atoms with van der Waals surface area (Å²) in [7, 11) is -0.168. The number of ether oxygens (including phenoxy) is 2. The molecule has 0 aromatic carbocycles. The number of carbonyl (C=O) groups excluding carboxylic acids is 1. The molecule has 6 heteroatoms. The highest BCUT2D eigenvalue weighted by atomic mass is 16.7. The standard InChI is InChI=1S/C14H23BO5/c1-8(16)17-7-10-11-9(6-18-10)12(11)15-19-13(2,3)14(4,5)20-15/h9-12H,6-7H2,1-5H3/t9-,10+,11-,12?/m1/s1. The first-order valence-electron chi connectivity index (χ1n) is 7.33. The van der Waals surface area contributed by atoms with Crippen LogP contribution in [0.5, 0.6) is 0 Å². The molecule has 0 N–H and O–H groups in total. The third kappa shape index (κ3) is 2.18. The predicted molar refractivity (Wildman–Crippen MR) is 73.2 cm³/mol. The van der Waals surface area contributed by atoms with Crippen LogP contribution < -0.4 is 0 Å². The number of hydrogen-bond donors (Lipinski definition) is 0. The van der Waals surface area contributed by atoms with Crippen molar-refractivity contribution < 1.29 is 23.6 Å². The van der Waals surface area contributed by atoms with E-state index < -0.39 is 0 Å². The molecule has 3 fully saturated rings. The number of rotatable bonds is 3. The zero-order chi connectivity index (χ0) is 14.7. The molecule has 0 amide bonds. The zero-order valence-corrected chi connectivity index (χ0v) is 12.8. The van der Waals surface area contributed by atoms with Gasteiger partial charge in [0.1, 0.15) is 6.61 Å². The lowest BCUT2D eigenvalue weighted by atomic mass is 9.78. The Morgan fingerprint density at radius 3 is 2.40 bits per heavy atom. The van der Waals surface area contributed by atoms with Crippen molar-refractivity contribution in [3.63, 3.8) is 0 Å². The lowest BCUT2D eigenvalue weighted by Crippen LogP contribution is -2.41. The van der Waals surface area contributed by atoms with Gasteiger partial charge in [0, 0.05) is 12.7 Å². The maximum absolute atomic E-state index is 10.9. The van der Waals surface area contributed by atoms with E-state index in [1.54, 1.807) is 0 Å². The highest BCUT2D eigenvalue weighted by Crippen LogP contribution is 2.63. The fourth-order valence-electron chi connectivity index (χ4n) is 3.31. The molecule has 0 aromatic heterocycles. The topological polar surface area (TPSA) is 54.0 Å². The van der Waals surface area contributed by atoms with Crippen LogP contribution in [0.2, 0.25) is 5.82 Å². The molecule has 2 aliphatic heterocycles. The Balaban J connectivity index is 1.61. The van der Waals surface area contributed by atoms with Crippen LogP contribution in [0.1, 0.15) is 34.6 Å². The van der Waals surface area contributed by atoms with Crippen LogP contribution in [-0.4, -0.2) is 43.6 Å². The molecule has 1 saturated carbocycles. The first kappa shape index (κ1) is 14.4. The molecule has 112 valence electrons. The van der Waals surface area contributed by atoms with Crippen LogP contribution in [0.3, 0.4) is 0 Å². The Hall–Kier alpha value is -0.585. The molecule has 3 aliphatic rings. The minimum atomic E-state index is -0.291. The first-order valence-corrected chi connectivity index (χ1v) is 7.33. The average molecular weight is 282 g/mol. The second-order valence-corrected chi connectivity index (χ2v) is 7.12. The third-order valence-electron chi connectivity index (χ3n) is 5.26. The molecule has 3 rings (SSSR count). The second-order valence-electron chi connectivity index (χ2n) is 7.12. The third-order valence-corrected chi connectivity index (χ3v) is 5.26. The summed E-state index contributed by atoms with van der Waals surface area (Å²) in [5.41, 5.74) is -0.582. The van der Waals surface area contributed by atoms with E-state index in [1.807, 2.05) is 0 Å². The highest BCUT2D eigenvalue weighted by Gasteiger charge is 2.69. The average Bonchev–Trinajstić information content (AvgIpc) is 2.80. The van der Waals surface area contributed by atoms with E-state index in [4.69, 9.17) is 18.8 Å². The molecular weight excluding hydrogens is 259 g/mol. The molecule has 4 atom stereocenters. The second kappa shape index (κ2) is 4.45. The van der Waals surface area contributed by atoms with Crippen LogP contribution in [0.15, 0.2) is 0 Å². The van der Waals surface area contributed by atoms with Gasteiger partial charge in [-0.05, 0) is 39.5 Å². The van der Waals surface area contributed by atoms with Gasteiger partial charge in [-0.25, -0.2) is 0 Å². The Kier molecular flexibility index (Phi) is 3.20. The van der Waals surface area contributed by atoms with Gasteiger partial charge in [-0.3, -0.25) is 4.79 Å². The van der Waals surface area contributed by atoms with Crippen molar-refractivity contribution in [1.29, 1.82) is 0 Å². The zero-order valence-electron chi connectivity index (χ0n) is 12.8. The lowest BCUT2D eigenvalue weighted by molar-refractivity contribution is -0.144. The summed E-state index contributed by atoms with van der Waals surface area (Å²) in [4.78, 5) is 10.9. The maximum atomic E-state index is 10.9. The van der Waals surface area contributed by atoms with Gasteiger partial charge in [-0.15, -0.1) is 0 Å². The van der Waals surface area contributed by atoms with E-state index in [-0.39, 0.29) is 30.4 Å². The number of carbonyl (C=O) groups is 1. The molecule has 0 spiro atoms. The molecule has 1 unspecified atom stereocenters. The summed E-state index contributed by atoms with van der Waals surface area (Å²) in [5, 5.41) is 0. The quantitative estimate of drug-likeness (QED) is 0.582. The molecule has 1 aliphatic carbocycles. The van der Waals surface area contributed by atoms with Gasteiger partial charge < -0.3 is 18.8 Å². The van der Waals surface area contributed by atoms with Crippen molar-refractivity contribution in [3.05, 3.63) is 0 Å². The van der Waals surface area contributed by atoms with Crippen LogP contribution in [0.4, 0.5) is 0 Å². The van der Waals surface area contributed by atoms with Crippen molar-refractivity contribution in [1.82, 2.24) is 0 Å². The summed E-state index contributed by atoms with van der Waals surface area (Å²) in [6.45, 7) is 10.7. The van der Waals surface area contributed by atoms with Gasteiger partial charge in [-0.1, -0.05) is 0 Å². The van der Waals surface area contributed by atoms with E-state index in [1.165, 1.54) is 6.92 Å². The summed E-state index contributed by atoms with van der Waals surface area (Å²) < 4.78 is 23.0. The van der Waals surface area contributed by atoms with E-state index in [0.29, 0.717) is 30.9 Å².